The number of piperazine rings is 1. The number of amides is 2. The van der Waals surface area contributed by atoms with Gasteiger partial charge in [-0.15, -0.1) is 0 Å². The van der Waals surface area contributed by atoms with Crippen LogP contribution in [0.1, 0.15) is 12.5 Å². The summed E-state index contributed by atoms with van der Waals surface area (Å²) in [6.45, 7) is 1.76. The molecule has 0 saturated carbocycles. The fourth-order valence-corrected chi connectivity index (χ4v) is 4.35. The Morgan fingerprint density at radius 1 is 0.971 bits per heavy atom. The lowest BCUT2D eigenvalue weighted by atomic mass is 9.98. The molecule has 1 aliphatic rings. The number of benzene rings is 3. The zero-order valence-corrected chi connectivity index (χ0v) is 20.8. The second kappa shape index (κ2) is 10.1. The van der Waals surface area contributed by atoms with E-state index in [2.05, 4.69) is 15.9 Å². The van der Waals surface area contributed by atoms with Gasteiger partial charge < -0.3 is 9.47 Å². The summed E-state index contributed by atoms with van der Waals surface area (Å²) in [7, 11) is 3.09. The van der Waals surface area contributed by atoms with E-state index >= 15 is 0 Å². The van der Waals surface area contributed by atoms with Gasteiger partial charge in [0.2, 0.25) is 5.91 Å². The average Bonchev–Trinajstić information content (AvgIpc) is 2.85. The Morgan fingerprint density at radius 2 is 1.68 bits per heavy atom. The van der Waals surface area contributed by atoms with Crippen LogP contribution in [0, 0.1) is 0 Å². The Labute approximate surface area is 207 Å². The van der Waals surface area contributed by atoms with Crippen molar-refractivity contribution >= 4 is 45.2 Å². The molecule has 0 unspecified atom stereocenters. The highest BCUT2D eigenvalue weighted by Crippen LogP contribution is 2.36. The topological polar surface area (TPSA) is 59.1 Å². The monoisotopic (exact) mass is 520 g/mol. The lowest BCUT2D eigenvalue weighted by molar-refractivity contribution is -0.127. The van der Waals surface area contributed by atoms with Crippen LogP contribution in [0.5, 0.6) is 11.5 Å². The van der Waals surface area contributed by atoms with Gasteiger partial charge in [0.15, 0.2) is 0 Å². The summed E-state index contributed by atoms with van der Waals surface area (Å²) >= 11 is 3.44. The molecule has 0 N–H and O–H groups in total. The number of hydrogen-bond acceptors (Lipinski definition) is 4. The molecule has 0 radical (unpaired) electrons. The van der Waals surface area contributed by atoms with E-state index in [9.17, 15) is 9.59 Å². The minimum Gasteiger partial charge on any atom is -0.497 e. The third-order valence-corrected chi connectivity index (χ3v) is 6.26. The summed E-state index contributed by atoms with van der Waals surface area (Å²) in [5.74, 6) is 0.637. The zero-order chi connectivity index (χ0) is 24.2. The molecule has 0 aliphatic carbocycles. The number of nitrogens with zero attached hydrogens (tertiary/aromatic N) is 2. The lowest BCUT2D eigenvalue weighted by Gasteiger charge is -2.41. The molecule has 1 aliphatic heterocycles. The minimum atomic E-state index is -0.821. The Bertz CT molecular complexity index is 1230. The smallest absolute Gasteiger partial charge is 0.255 e. The zero-order valence-electron chi connectivity index (χ0n) is 19.2. The predicted octanol–water partition coefficient (Wildman–Crippen LogP) is 5.32. The van der Waals surface area contributed by atoms with Crippen molar-refractivity contribution in [1.82, 2.24) is 0 Å². The van der Waals surface area contributed by atoms with Crippen molar-refractivity contribution in [3.63, 3.8) is 0 Å². The molecule has 3 aromatic carbocycles. The van der Waals surface area contributed by atoms with Crippen molar-refractivity contribution in [3.05, 3.63) is 88.4 Å². The van der Waals surface area contributed by atoms with Gasteiger partial charge in [-0.25, -0.2) is 0 Å². The summed E-state index contributed by atoms with van der Waals surface area (Å²) in [6, 6.07) is 21.5. The molecule has 7 heteroatoms. The van der Waals surface area contributed by atoms with Gasteiger partial charge in [-0.2, -0.15) is 0 Å². The first-order valence-corrected chi connectivity index (χ1v) is 11.6. The number of halogens is 1. The highest BCUT2D eigenvalue weighted by atomic mass is 79.9. The standard InChI is InChI=1S/C27H25BrN2O4/c1-18(15-19-7-5-4-6-8-19)26-27(32)29(23-16-22(33-2)13-14-24(23)34-3)17-25(31)30(26)21-11-9-20(28)10-12-21/h4-16,26H,17H2,1-3H3/t26-/m1/s1. The molecule has 3 aromatic rings. The van der Waals surface area contributed by atoms with E-state index in [1.54, 1.807) is 30.2 Å². The van der Waals surface area contributed by atoms with Gasteiger partial charge in [-0.3, -0.25) is 19.4 Å². The molecule has 0 bridgehead atoms. The fraction of sp³-hybridized carbons (Fsp3) is 0.185. The molecule has 1 heterocycles. The van der Waals surface area contributed by atoms with Crippen LogP contribution < -0.4 is 19.3 Å². The number of hydrogen-bond donors (Lipinski definition) is 0. The van der Waals surface area contributed by atoms with Gasteiger partial charge in [0.25, 0.3) is 5.91 Å². The molecular formula is C27H25BrN2O4. The second-order valence-corrected chi connectivity index (χ2v) is 8.82. The van der Waals surface area contributed by atoms with Gasteiger partial charge in [0, 0.05) is 16.2 Å². The largest absolute Gasteiger partial charge is 0.497 e. The average molecular weight is 521 g/mol. The van der Waals surface area contributed by atoms with Crippen LogP contribution in [0.2, 0.25) is 0 Å². The highest BCUT2D eigenvalue weighted by Gasteiger charge is 2.42. The van der Waals surface area contributed by atoms with Crippen molar-refractivity contribution < 1.29 is 19.1 Å². The Morgan fingerprint density at radius 3 is 2.32 bits per heavy atom. The van der Waals surface area contributed by atoms with E-state index in [1.165, 1.54) is 12.0 Å². The quantitative estimate of drug-likeness (QED) is 0.441. The number of ether oxygens (including phenoxy) is 2. The Balaban J connectivity index is 1.83. The van der Waals surface area contributed by atoms with Crippen molar-refractivity contribution in [1.29, 1.82) is 0 Å². The Kier molecular flexibility index (Phi) is 7.03. The van der Waals surface area contributed by atoms with Gasteiger partial charge in [0.1, 0.15) is 24.1 Å². The number of carbonyl (C=O) groups is 2. The Hall–Kier alpha value is -3.58. The normalized spacial score (nSPS) is 16.6. The van der Waals surface area contributed by atoms with E-state index in [-0.39, 0.29) is 18.4 Å². The van der Waals surface area contributed by atoms with E-state index in [4.69, 9.17) is 9.47 Å². The maximum absolute atomic E-state index is 14.0. The van der Waals surface area contributed by atoms with Crippen LogP contribution in [0.25, 0.3) is 6.08 Å². The molecule has 0 spiro atoms. The molecule has 0 aromatic heterocycles. The van der Waals surface area contributed by atoms with Gasteiger partial charge in [-0.05, 0) is 54.5 Å². The third kappa shape index (κ3) is 4.70. The molecule has 1 atom stereocenters. The summed E-state index contributed by atoms with van der Waals surface area (Å²) in [4.78, 5) is 30.6. The summed E-state index contributed by atoms with van der Waals surface area (Å²) < 4.78 is 11.8. The maximum atomic E-state index is 14.0. The molecule has 1 saturated heterocycles. The highest BCUT2D eigenvalue weighted by molar-refractivity contribution is 9.10. The van der Waals surface area contributed by atoms with Crippen LogP contribution in [-0.2, 0) is 9.59 Å². The maximum Gasteiger partial charge on any atom is 0.255 e. The van der Waals surface area contributed by atoms with Crippen molar-refractivity contribution in [3.8, 4) is 11.5 Å². The number of methoxy groups -OCH3 is 2. The van der Waals surface area contributed by atoms with E-state index in [0.29, 0.717) is 22.9 Å². The van der Waals surface area contributed by atoms with E-state index < -0.39 is 6.04 Å². The van der Waals surface area contributed by atoms with E-state index in [1.807, 2.05) is 67.6 Å². The fourth-order valence-electron chi connectivity index (χ4n) is 4.09. The molecule has 2 amide bonds. The molecule has 1 fully saturated rings. The lowest BCUT2D eigenvalue weighted by Crippen LogP contribution is -2.61. The summed E-state index contributed by atoms with van der Waals surface area (Å²) in [5, 5.41) is 0. The minimum absolute atomic E-state index is 0.118. The number of anilines is 2. The first-order chi connectivity index (χ1) is 16.4. The van der Waals surface area contributed by atoms with Gasteiger partial charge in [-0.1, -0.05) is 52.3 Å². The third-order valence-electron chi connectivity index (χ3n) is 5.73. The molecule has 174 valence electrons. The van der Waals surface area contributed by atoms with E-state index in [0.717, 1.165) is 15.6 Å². The van der Waals surface area contributed by atoms with Gasteiger partial charge >= 0.3 is 0 Å². The predicted molar refractivity (Wildman–Crippen MR) is 137 cm³/mol. The number of rotatable bonds is 6. The molecular weight excluding hydrogens is 496 g/mol. The number of carbonyl (C=O) groups excluding carboxylic acids is 2. The van der Waals surface area contributed by atoms with Crippen LogP contribution in [-0.4, -0.2) is 38.6 Å². The summed E-state index contributed by atoms with van der Waals surface area (Å²) in [5.41, 5.74) is 2.85. The van der Waals surface area contributed by atoms with Crippen molar-refractivity contribution in [2.75, 3.05) is 30.6 Å². The van der Waals surface area contributed by atoms with Crippen LogP contribution in [0.15, 0.2) is 82.8 Å². The molecule has 4 rings (SSSR count). The molecule has 6 nitrogen and oxygen atoms in total. The molecule has 34 heavy (non-hydrogen) atoms. The van der Waals surface area contributed by atoms with Crippen LogP contribution in [0.4, 0.5) is 11.4 Å². The van der Waals surface area contributed by atoms with Crippen molar-refractivity contribution in [2.45, 2.75) is 13.0 Å². The van der Waals surface area contributed by atoms with Gasteiger partial charge in [0.05, 0.1) is 19.9 Å². The summed E-state index contributed by atoms with van der Waals surface area (Å²) in [6.07, 6.45) is 1.94. The van der Waals surface area contributed by atoms with Crippen LogP contribution >= 0.6 is 15.9 Å². The first kappa shape index (κ1) is 23.6. The SMILES string of the molecule is COc1ccc(OC)c(N2CC(=O)N(c3ccc(Br)cc3)[C@H](C(C)=Cc3ccccc3)C2=O)c1. The van der Waals surface area contributed by atoms with Crippen molar-refractivity contribution in [2.24, 2.45) is 0 Å². The second-order valence-electron chi connectivity index (χ2n) is 7.90. The van der Waals surface area contributed by atoms with Crippen LogP contribution in [0.3, 0.4) is 0 Å². The first-order valence-electron chi connectivity index (χ1n) is 10.8.